The van der Waals surface area contributed by atoms with Crippen molar-refractivity contribution in [1.29, 1.82) is 0 Å². The van der Waals surface area contributed by atoms with E-state index in [1.54, 1.807) is 26.4 Å². The Kier molecular flexibility index (Phi) is 9.37. The maximum absolute atomic E-state index is 13.9. The number of hydrogen-bond acceptors (Lipinski definition) is 9. The molecule has 0 radical (unpaired) electrons. The van der Waals surface area contributed by atoms with E-state index in [4.69, 9.17) is 23.7 Å². The van der Waals surface area contributed by atoms with Crippen LogP contribution in [0.15, 0.2) is 58.9 Å². The fourth-order valence-electron chi connectivity index (χ4n) is 5.38. The number of methoxy groups -OCH3 is 2. The molecule has 1 aliphatic carbocycles. The highest BCUT2D eigenvalue weighted by molar-refractivity contribution is 6.04. The van der Waals surface area contributed by atoms with E-state index in [-0.39, 0.29) is 42.8 Å². The van der Waals surface area contributed by atoms with Crippen LogP contribution >= 0.6 is 0 Å². The Labute approximate surface area is 234 Å². The van der Waals surface area contributed by atoms with E-state index >= 15 is 0 Å². The highest BCUT2D eigenvalue weighted by atomic mass is 16.6. The highest BCUT2D eigenvalue weighted by Gasteiger charge is 2.41. The van der Waals surface area contributed by atoms with Gasteiger partial charge in [0.2, 0.25) is 0 Å². The summed E-state index contributed by atoms with van der Waals surface area (Å²) in [4.78, 5) is 27.3. The predicted octanol–water partition coefficient (Wildman–Crippen LogP) is 4.75. The molecule has 0 bridgehead atoms. The lowest BCUT2D eigenvalue weighted by Gasteiger charge is -2.37. The fourth-order valence-corrected chi connectivity index (χ4v) is 5.38. The number of hydrogen-bond donors (Lipinski definition) is 2. The van der Waals surface area contributed by atoms with Crippen LogP contribution in [0.4, 0.5) is 0 Å². The van der Waals surface area contributed by atoms with Crippen molar-refractivity contribution in [3.8, 4) is 23.0 Å². The topological polar surface area (TPSA) is 113 Å². The Balaban J connectivity index is 1.75. The van der Waals surface area contributed by atoms with Crippen LogP contribution in [0, 0.1) is 0 Å². The van der Waals surface area contributed by atoms with Crippen LogP contribution in [0.3, 0.4) is 0 Å². The van der Waals surface area contributed by atoms with E-state index in [1.807, 2.05) is 39.0 Å². The number of nitrogens with one attached hydrogen (secondary N) is 1. The van der Waals surface area contributed by atoms with E-state index in [2.05, 4.69) is 5.32 Å². The number of phenols is 1. The summed E-state index contributed by atoms with van der Waals surface area (Å²) in [5.41, 5.74) is 3.85. The van der Waals surface area contributed by atoms with E-state index in [1.165, 1.54) is 6.07 Å². The molecular formula is C31H37NO8. The minimum Gasteiger partial charge on any atom is -0.504 e. The molecular weight excluding hydrogens is 514 g/mol. The summed E-state index contributed by atoms with van der Waals surface area (Å²) >= 11 is 0. The van der Waals surface area contributed by atoms with Gasteiger partial charge in [-0.05, 0) is 68.5 Å². The van der Waals surface area contributed by atoms with Crippen LogP contribution in [-0.4, -0.2) is 57.5 Å². The molecule has 0 amide bonds. The first-order valence-corrected chi connectivity index (χ1v) is 13.5. The third kappa shape index (κ3) is 5.94. The number of allylic oxidation sites excluding steroid dienone is 3. The van der Waals surface area contributed by atoms with Crippen LogP contribution in [0.5, 0.6) is 23.0 Å². The minimum absolute atomic E-state index is 0.0150. The number of phenolic OH excluding ortho intramolecular Hbond substituents is 1. The van der Waals surface area contributed by atoms with Gasteiger partial charge in [0.25, 0.3) is 0 Å². The molecule has 0 saturated heterocycles. The summed E-state index contributed by atoms with van der Waals surface area (Å²) in [6.07, 6.45) is 0.822. The van der Waals surface area contributed by atoms with Gasteiger partial charge in [0.05, 0.1) is 33.0 Å². The Morgan fingerprint density at radius 3 is 2.38 bits per heavy atom. The molecule has 2 aromatic rings. The summed E-state index contributed by atoms with van der Waals surface area (Å²) in [5, 5.41) is 13.7. The summed E-state index contributed by atoms with van der Waals surface area (Å²) in [7, 11) is 3.17. The van der Waals surface area contributed by atoms with Gasteiger partial charge in [-0.3, -0.25) is 4.79 Å². The molecule has 2 aliphatic rings. The van der Waals surface area contributed by atoms with Gasteiger partial charge in [0.1, 0.15) is 6.61 Å². The predicted molar refractivity (Wildman–Crippen MR) is 149 cm³/mol. The number of rotatable bonds is 11. The first kappa shape index (κ1) is 29.0. The lowest BCUT2D eigenvalue weighted by Crippen LogP contribution is -2.36. The van der Waals surface area contributed by atoms with E-state index in [0.717, 1.165) is 11.3 Å². The molecule has 2 atom stereocenters. The number of Topliss-reactive ketones (excluding diaryl/α,β-unsaturated/α-hetero) is 1. The highest BCUT2D eigenvalue weighted by Crippen LogP contribution is 2.47. The first-order valence-electron chi connectivity index (χ1n) is 13.5. The molecule has 214 valence electrons. The smallest absolute Gasteiger partial charge is 0.336 e. The van der Waals surface area contributed by atoms with Gasteiger partial charge < -0.3 is 34.1 Å². The van der Waals surface area contributed by atoms with Crippen LogP contribution in [0.25, 0.3) is 0 Å². The summed E-state index contributed by atoms with van der Waals surface area (Å²) < 4.78 is 27.4. The standard InChI is InChI=1S/C31H37NO8/c1-6-38-12-13-40-31(35)28-18(3)32-22-14-21(19-9-11-25(36-4)27(16-19)37-5)15-24(34)30(22)29(28)20-8-10-23(33)26(17-20)39-7-2/h8-11,16-17,21,29,32-33H,6-7,12-15H2,1-5H3/t21-,29+/m0/s1. The lowest BCUT2D eigenvalue weighted by molar-refractivity contribution is -0.140. The van der Waals surface area contributed by atoms with Gasteiger partial charge in [-0.15, -0.1) is 0 Å². The number of dihydropyridines is 1. The fraction of sp³-hybridized carbons (Fsp3) is 0.419. The second kappa shape index (κ2) is 12.9. The Hall–Kier alpha value is -3.98. The van der Waals surface area contributed by atoms with E-state index in [0.29, 0.717) is 53.5 Å². The van der Waals surface area contributed by atoms with Crippen molar-refractivity contribution >= 4 is 11.8 Å². The zero-order valence-corrected chi connectivity index (χ0v) is 23.7. The SMILES string of the molecule is CCOCCOC(=O)C1=C(C)NC2=C(C(=O)C[C@@H](c3ccc(OC)c(OC)c3)C2)[C@@H]1c1ccc(O)c(OCC)c1. The molecule has 0 spiro atoms. The summed E-state index contributed by atoms with van der Waals surface area (Å²) in [5.74, 6) is 0.113. The average Bonchev–Trinajstić information content (AvgIpc) is 2.95. The number of aromatic hydroxyl groups is 1. The van der Waals surface area contributed by atoms with Crippen LogP contribution in [0.2, 0.25) is 0 Å². The van der Waals surface area contributed by atoms with Gasteiger partial charge in [-0.25, -0.2) is 4.79 Å². The first-order chi connectivity index (χ1) is 19.3. The maximum Gasteiger partial charge on any atom is 0.336 e. The molecule has 9 heteroatoms. The lowest BCUT2D eigenvalue weighted by atomic mass is 9.71. The van der Waals surface area contributed by atoms with Crippen LogP contribution < -0.4 is 19.5 Å². The molecule has 0 unspecified atom stereocenters. The average molecular weight is 552 g/mol. The Bertz CT molecular complexity index is 1330. The summed E-state index contributed by atoms with van der Waals surface area (Å²) in [6, 6.07) is 10.6. The van der Waals surface area contributed by atoms with Crippen molar-refractivity contribution in [2.45, 2.75) is 45.4 Å². The van der Waals surface area contributed by atoms with Crippen molar-refractivity contribution in [2.24, 2.45) is 0 Å². The Morgan fingerprint density at radius 1 is 0.950 bits per heavy atom. The largest absolute Gasteiger partial charge is 0.504 e. The molecule has 1 heterocycles. The second-order valence-corrected chi connectivity index (χ2v) is 9.62. The Morgan fingerprint density at radius 2 is 1.68 bits per heavy atom. The number of carbonyl (C=O) groups excluding carboxylic acids is 2. The normalized spacial score (nSPS) is 18.7. The third-order valence-electron chi connectivity index (χ3n) is 7.21. The zero-order valence-electron chi connectivity index (χ0n) is 23.7. The second-order valence-electron chi connectivity index (χ2n) is 9.62. The molecule has 0 saturated carbocycles. The van der Waals surface area contributed by atoms with Gasteiger partial charge in [0.15, 0.2) is 28.8 Å². The van der Waals surface area contributed by atoms with Gasteiger partial charge in [-0.1, -0.05) is 12.1 Å². The van der Waals surface area contributed by atoms with Crippen molar-refractivity contribution in [3.63, 3.8) is 0 Å². The van der Waals surface area contributed by atoms with Crippen molar-refractivity contribution in [3.05, 3.63) is 70.1 Å². The quantitative estimate of drug-likeness (QED) is 0.302. The molecule has 0 fully saturated rings. The van der Waals surface area contributed by atoms with Gasteiger partial charge in [0, 0.05) is 35.9 Å². The molecule has 2 aromatic carbocycles. The van der Waals surface area contributed by atoms with Gasteiger partial charge >= 0.3 is 5.97 Å². The molecule has 2 N–H and O–H groups in total. The molecule has 40 heavy (non-hydrogen) atoms. The van der Waals surface area contributed by atoms with Crippen molar-refractivity contribution in [1.82, 2.24) is 5.32 Å². The van der Waals surface area contributed by atoms with Crippen molar-refractivity contribution in [2.75, 3.05) is 40.6 Å². The number of benzene rings is 2. The maximum atomic E-state index is 13.9. The number of carbonyl (C=O) groups is 2. The molecule has 9 nitrogen and oxygen atoms in total. The van der Waals surface area contributed by atoms with E-state index in [9.17, 15) is 14.7 Å². The molecule has 4 rings (SSSR count). The van der Waals surface area contributed by atoms with Crippen LogP contribution in [0.1, 0.15) is 56.6 Å². The summed E-state index contributed by atoms with van der Waals surface area (Å²) in [6.45, 7) is 6.74. The minimum atomic E-state index is -0.686. The number of ether oxygens (including phenoxy) is 5. The number of ketones is 1. The van der Waals surface area contributed by atoms with Crippen LogP contribution in [-0.2, 0) is 19.1 Å². The molecule has 1 aliphatic heterocycles. The number of esters is 1. The van der Waals surface area contributed by atoms with Crippen molar-refractivity contribution < 1.29 is 38.4 Å². The third-order valence-corrected chi connectivity index (χ3v) is 7.21. The molecule has 0 aromatic heterocycles. The monoisotopic (exact) mass is 551 g/mol. The van der Waals surface area contributed by atoms with E-state index < -0.39 is 11.9 Å². The van der Waals surface area contributed by atoms with Gasteiger partial charge in [-0.2, -0.15) is 0 Å². The zero-order chi connectivity index (χ0) is 28.8.